The summed E-state index contributed by atoms with van der Waals surface area (Å²) in [4.78, 5) is 29.0. The molecule has 0 aliphatic carbocycles. The van der Waals surface area contributed by atoms with Gasteiger partial charge in [-0.25, -0.2) is 13.9 Å². The largest absolute Gasteiger partial charge is 0.476 e. The summed E-state index contributed by atoms with van der Waals surface area (Å²) < 4.78 is 55.9. The van der Waals surface area contributed by atoms with Crippen LogP contribution in [0, 0.1) is 5.82 Å². The molecule has 1 amide bonds. The molecule has 1 atom stereocenters. The van der Waals surface area contributed by atoms with Gasteiger partial charge in [0.15, 0.2) is 5.69 Å². The standard InChI is InChI=1S/C23H15F4N5O3S/c1-10-19(21(33)30-18-7-11-4-5-28-9-16(11)36-18)20(32-17(29-10)8-15(31-32)22(34)35)12-2-3-13(14(24)6-12)23(25,26)27/h2-9,20,29H,1H3,(H,30,33)(H,34,35). The summed E-state index contributed by atoms with van der Waals surface area (Å²) in [5.41, 5.74) is -1.52. The minimum Gasteiger partial charge on any atom is -0.476 e. The molecular formula is C23H15F4N5O3S. The third kappa shape index (κ3) is 4.06. The quantitative estimate of drug-likeness (QED) is 0.318. The summed E-state index contributed by atoms with van der Waals surface area (Å²) in [6.45, 7) is 1.55. The zero-order valence-corrected chi connectivity index (χ0v) is 19.0. The van der Waals surface area contributed by atoms with Gasteiger partial charge < -0.3 is 15.7 Å². The summed E-state index contributed by atoms with van der Waals surface area (Å²) in [6.07, 6.45) is -1.67. The number of fused-ring (bicyclic) bond motifs is 2. The fourth-order valence-electron chi connectivity index (χ4n) is 4.03. The summed E-state index contributed by atoms with van der Waals surface area (Å²) in [5, 5.41) is 20.4. The molecule has 5 rings (SSSR count). The normalized spacial score (nSPS) is 15.5. The molecule has 184 valence electrons. The first kappa shape index (κ1) is 23.5. The highest BCUT2D eigenvalue weighted by molar-refractivity contribution is 7.22. The van der Waals surface area contributed by atoms with Crippen molar-refractivity contribution in [2.75, 3.05) is 10.6 Å². The van der Waals surface area contributed by atoms with E-state index < -0.39 is 35.5 Å². The number of carbonyl (C=O) groups excluding carboxylic acids is 1. The Kier molecular flexibility index (Phi) is 5.51. The molecule has 0 bridgehead atoms. The number of thiophene rings is 1. The van der Waals surface area contributed by atoms with Crippen LogP contribution in [0.4, 0.5) is 28.4 Å². The third-order valence-corrected chi connectivity index (χ3v) is 6.61. The second-order valence-electron chi connectivity index (χ2n) is 7.95. The number of hydrogen-bond donors (Lipinski definition) is 3. The molecule has 4 aromatic rings. The number of hydrogen-bond acceptors (Lipinski definition) is 6. The molecule has 0 saturated heterocycles. The van der Waals surface area contributed by atoms with E-state index in [2.05, 4.69) is 20.7 Å². The van der Waals surface area contributed by atoms with Gasteiger partial charge in [0.2, 0.25) is 0 Å². The minimum atomic E-state index is -4.91. The maximum atomic E-state index is 14.5. The molecule has 0 fully saturated rings. The van der Waals surface area contributed by atoms with Gasteiger partial charge in [0.05, 0.1) is 20.8 Å². The Morgan fingerprint density at radius 2 is 1.97 bits per heavy atom. The number of carbonyl (C=O) groups is 2. The number of nitrogens with one attached hydrogen (secondary N) is 2. The second kappa shape index (κ2) is 8.45. The van der Waals surface area contributed by atoms with Crippen LogP contribution in [0.1, 0.15) is 34.6 Å². The van der Waals surface area contributed by atoms with Crippen LogP contribution in [-0.4, -0.2) is 31.7 Å². The molecule has 1 unspecified atom stereocenters. The molecule has 36 heavy (non-hydrogen) atoms. The van der Waals surface area contributed by atoms with Gasteiger partial charge in [0.1, 0.15) is 17.7 Å². The molecule has 4 heterocycles. The second-order valence-corrected chi connectivity index (χ2v) is 9.03. The fraction of sp³-hybridized carbons (Fsp3) is 0.130. The lowest BCUT2D eigenvalue weighted by molar-refractivity contribution is -0.140. The molecule has 8 nitrogen and oxygen atoms in total. The lowest BCUT2D eigenvalue weighted by Gasteiger charge is -2.29. The molecule has 3 N–H and O–H groups in total. The molecule has 1 aliphatic heterocycles. The molecule has 1 aliphatic rings. The monoisotopic (exact) mass is 517 g/mol. The van der Waals surface area contributed by atoms with Crippen LogP contribution in [0.15, 0.2) is 60.1 Å². The number of amides is 1. The Labute approximate surface area is 203 Å². The lowest BCUT2D eigenvalue weighted by atomic mass is 9.94. The van der Waals surface area contributed by atoms with Gasteiger partial charge in [-0.3, -0.25) is 9.78 Å². The van der Waals surface area contributed by atoms with E-state index in [-0.39, 0.29) is 22.6 Å². The van der Waals surface area contributed by atoms with Gasteiger partial charge in [0.25, 0.3) is 5.91 Å². The molecule has 1 aromatic carbocycles. The van der Waals surface area contributed by atoms with E-state index in [1.165, 1.54) is 17.4 Å². The molecule has 0 radical (unpaired) electrons. The zero-order valence-electron chi connectivity index (χ0n) is 18.2. The van der Waals surface area contributed by atoms with Crippen molar-refractivity contribution in [3.63, 3.8) is 0 Å². The van der Waals surface area contributed by atoms with Crippen molar-refractivity contribution in [3.8, 4) is 0 Å². The molecule has 0 saturated carbocycles. The van der Waals surface area contributed by atoms with Gasteiger partial charge in [0, 0.05) is 24.2 Å². The van der Waals surface area contributed by atoms with Crippen LogP contribution in [-0.2, 0) is 11.0 Å². The molecule has 0 spiro atoms. The van der Waals surface area contributed by atoms with Crippen molar-refractivity contribution in [2.45, 2.75) is 19.1 Å². The number of pyridine rings is 1. The Morgan fingerprint density at radius 3 is 2.64 bits per heavy atom. The SMILES string of the molecule is CC1=C(C(=O)Nc2cc3ccncc3s2)C(c2ccc(C(F)(F)F)c(F)c2)n2nc(C(=O)O)cc2N1. The van der Waals surface area contributed by atoms with Crippen LogP contribution in [0.3, 0.4) is 0 Å². The number of alkyl halides is 3. The maximum absolute atomic E-state index is 14.5. The van der Waals surface area contributed by atoms with E-state index in [0.717, 1.165) is 20.8 Å². The van der Waals surface area contributed by atoms with Gasteiger partial charge in [-0.05, 0) is 42.1 Å². The first-order valence-corrected chi connectivity index (χ1v) is 11.2. The Morgan fingerprint density at radius 1 is 1.19 bits per heavy atom. The van der Waals surface area contributed by atoms with E-state index >= 15 is 0 Å². The number of nitrogens with zero attached hydrogens (tertiary/aromatic N) is 3. The van der Waals surface area contributed by atoms with E-state index in [1.54, 1.807) is 31.5 Å². The number of rotatable bonds is 4. The predicted molar refractivity (Wildman–Crippen MR) is 123 cm³/mol. The molecule has 3 aromatic heterocycles. The van der Waals surface area contributed by atoms with E-state index in [1.807, 2.05) is 0 Å². The summed E-state index contributed by atoms with van der Waals surface area (Å²) in [5.74, 6) is -3.32. The van der Waals surface area contributed by atoms with Gasteiger partial charge in [-0.15, -0.1) is 11.3 Å². The lowest BCUT2D eigenvalue weighted by Crippen LogP contribution is -2.31. The highest BCUT2D eigenvalue weighted by Gasteiger charge is 2.37. The average molecular weight is 517 g/mol. The summed E-state index contributed by atoms with van der Waals surface area (Å²) in [6, 6.07) is 5.81. The third-order valence-electron chi connectivity index (χ3n) is 5.61. The van der Waals surface area contributed by atoms with Crippen molar-refractivity contribution in [2.24, 2.45) is 0 Å². The predicted octanol–water partition coefficient (Wildman–Crippen LogP) is 5.28. The Bertz CT molecular complexity index is 1540. The number of aromatic nitrogens is 3. The first-order valence-electron chi connectivity index (χ1n) is 10.3. The van der Waals surface area contributed by atoms with Gasteiger partial charge >= 0.3 is 12.1 Å². The van der Waals surface area contributed by atoms with Gasteiger partial charge in [-0.1, -0.05) is 6.07 Å². The summed E-state index contributed by atoms with van der Waals surface area (Å²) in [7, 11) is 0. The minimum absolute atomic E-state index is 0.0201. The van der Waals surface area contributed by atoms with E-state index in [4.69, 9.17) is 0 Å². The van der Waals surface area contributed by atoms with Crippen LogP contribution in [0.5, 0.6) is 0 Å². The van der Waals surface area contributed by atoms with Crippen molar-refractivity contribution in [1.29, 1.82) is 0 Å². The number of halogens is 4. The van der Waals surface area contributed by atoms with Crippen molar-refractivity contribution in [3.05, 3.63) is 82.7 Å². The van der Waals surface area contributed by atoms with Crippen molar-refractivity contribution < 1.29 is 32.3 Å². The topological polar surface area (TPSA) is 109 Å². The van der Waals surface area contributed by atoms with Crippen LogP contribution < -0.4 is 10.6 Å². The van der Waals surface area contributed by atoms with Crippen molar-refractivity contribution in [1.82, 2.24) is 14.8 Å². The Balaban J connectivity index is 1.60. The number of aromatic carboxylic acids is 1. The highest BCUT2D eigenvalue weighted by atomic mass is 32.1. The van der Waals surface area contributed by atoms with E-state index in [9.17, 15) is 32.3 Å². The van der Waals surface area contributed by atoms with Crippen LogP contribution in [0.25, 0.3) is 10.1 Å². The number of carboxylic acids is 1. The average Bonchev–Trinajstić information content (AvgIpc) is 3.40. The number of carboxylic acid groups (broad SMARTS) is 1. The van der Waals surface area contributed by atoms with Crippen LogP contribution in [0.2, 0.25) is 0 Å². The van der Waals surface area contributed by atoms with Crippen LogP contribution >= 0.6 is 11.3 Å². The number of benzene rings is 1. The molecule has 13 heteroatoms. The van der Waals surface area contributed by atoms with Gasteiger partial charge in [-0.2, -0.15) is 18.3 Å². The fourth-order valence-corrected chi connectivity index (χ4v) is 4.96. The Hall–Kier alpha value is -4.26. The first-order chi connectivity index (χ1) is 17.0. The maximum Gasteiger partial charge on any atom is 0.419 e. The number of anilines is 2. The number of allylic oxidation sites excluding steroid dienone is 1. The van der Waals surface area contributed by atoms with Crippen molar-refractivity contribution >= 4 is 44.1 Å². The molecular weight excluding hydrogens is 502 g/mol. The summed E-state index contributed by atoms with van der Waals surface area (Å²) >= 11 is 1.27. The zero-order chi connectivity index (χ0) is 25.8. The van der Waals surface area contributed by atoms with E-state index in [0.29, 0.717) is 22.8 Å². The smallest absolute Gasteiger partial charge is 0.419 e. The highest BCUT2D eigenvalue weighted by Crippen LogP contribution is 2.40.